The van der Waals surface area contributed by atoms with Gasteiger partial charge in [0.25, 0.3) is 11.8 Å². The van der Waals surface area contributed by atoms with E-state index in [9.17, 15) is 24.0 Å². The zero-order valence-electron chi connectivity index (χ0n) is 14.4. The fourth-order valence-corrected chi connectivity index (χ4v) is 2.42. The average molecular weight is 361 g/mol. The van der Waals surface area contributed by atoms with E-state index >= 15 is 0 Å². The predicted molar refractivity (Wildman–Crippen MR) is 89.0 cm³/mol. The molecule has 5 amide bonds. The summed E-state index contributed by atoms with van der Waals surface area (Å²) in [5, 5.41) is 4.18. The van der Waals surface area contributed by atoms with E-state index in [1.54, 1.807) is 24.3 Å². The Morgan fingerprint density at radius 3 is 2.62 bits per heavy atom. The second kappa shape index (κ2) is 8.24. The Morgan fingerprint density at radius 2 is 1.92 bits per heavy atom. The fourth-order valence-electron chi connectivity index (χ4n) is 2.42. The summed E-state index contributed by atoms with van der Waals surface area (Å²) in [5.41, 5.74) is 1.08. The highest BCUT2D eigenvalue weighted by molar-refractivity contribution is 6.09. The van der Waals surface area contributed by atoms with Crippen LogP contribution in [0.25, 0.3) is 0 Å². The third-order valence-corrected chi connectivity index (χ3v) is 3.82. The van der Waals surface area contributed by atoms with Gasteiger partial charge in [-0.25, -0.2) is 4.79 Å². The van der Waals surface area contributed by atoms with Crippen LogP contribution < -0.4 is 10.6 Å². The van der Waals surface area contributed by atoms with E-state index in [0.29, 0.717) is 11.1 Å². The molecule has 138 valence electrons. The standard InChI is InChI=1S/C17H19N3O6/c1-10(15(23)19-17(25)18-2)26-14(22)7-8-20-13(21)9-11-5-3-4-6-12(11)16(20)24/h3-6,10H,7-9H2,1-2H3,(H2,18,19,23,25)/t10-/m0/s1. The van der Waals surface area contributed by atoms with E-state index in [0.717, 1.165) is 4.90 Å². The number of nitrogens with one attached hydrogen (secondary N) is 2. The third-order valence-electron chi connectivity index (χ3n) is 3.82. The van der Waals surface area contributed by atoms with Crippen molar-refractivity contribution in [3.8, 4) is 0 Å². The maximum Gasteiger partial charge on any atom is 0.321 e. The van der Waals surface area contributed by atoms with Crippen LogP contribution in [0.3, 0.4) is 0 Å². The molecule has 9 nitrogen and oxygen atoms in total. The molecule has 1 aromatic rings. The van der Waals surface area contributed by atoms with Gasteiger partial charge in [0.05, 0.1) is 12.8 Å². The molecule has 0 bridgehead atoms. The number of imide groups is 2. The van der Waals surface area contributed by atoms with Gasteiger partial charge in [0.15, 0.2) is 6.10 Å². The Labute approximate surface area is 149 Å². The molecule has 0 aliphatic carbocycles. The van der Waals surface area contributed by atoms with Gasteiger partial charge in [0.1, 0.15) is 0 Å². The lowest BCUT2D eigenvalue weighted by molar-refractivity contribution is -0.154. The molecule has 2 rings (SSSR count). The molecular formula is C17H19N3O6. The minimum Gasteiger partial charge on any atom is -0.452 e. The highest BCUT2D eigenvalue weighted by Gasteiger charge is 2.31. The molecule has 0 fully saturated rings. The van der Waals surface area contributed by atoms with Gasteiger partial charge in [0.2, 0.25) is 5.91 Å². The molecule has 1 aliphatic rings. The number of hydrogen-bond donors (Lipinski definition) is 2. The van der Waals surface area contributed by atoms with Crippen LogP contribution in [0.5, 0.6) is 0 Å². The number of hydrogen-bond acceptors (Lipinski definition) is 6. The number of nitrogens with zero attached hydrogens (tertiary/aromatic N) is 1. The first-order valence-electron chi connectivity index (χ1n) is 7.98. The summed E-state index contributed by atoms with van der Waals surface area (Å²) in [7, 11) is 1.34. The number of fused-ring (bicyclic) bond motifs is 1. The Kier molecular flexibility index (Phi) is 6.05. The minimum absolute atomic E-state index is 0.0852. The van der Waals surface area contributed by atoms with Crippen LogP contribution >= 0.6 is 0 Å². The Morgan fingerprint density at radius 1 is 1.23 bits per heavy atom. The molecule has 9 heteroatoms. The summed E-state index contributed by atoms with van der Waals surface area (Å²) in [6, 6.07) is 6.06. The van der Waals surface area contributed by atoms with Crippen molar-refractivity contribution >= 4 is 29.7 Å². The van der Waals surface area contributed by atoms with Gasteiger partial charge in [-0.1, -0.05) is 18.2 Å². The average Bonchev–Trinajstić information content (AvgIpc) is 2.61. The lowest BCUT2D eigenvalue weighted by atomic mass is 9.98. The third kappa shape index (κ3) is 4.44. The van der Waals surface area contributed by atoms with Gasteiger partial charge in [-0.05, 0) is 18.6 Å². The molecule has 0 radical (unpaired) electrons. The molecule has 1 heterocycles. The van der Waals surface area contributed by atoms with E-state index in [-0.39, 0.29) is 19.4 Å². The number of rotatable bonds is 5. The van der Waals surface area contributed by atoms with Gasteiger partial charge in [0, 0.05) is 19.2 Å². The molecule has 1 atom stereocenters. The topological polar surface area (TPSA) is 122 Å². The van der Waals surface area contributed by atoms with Gasteiger partial charge in [-0.2, -0.15) is 0 Å². The van der Waals surface area contributed by atoms with Crippen molar-refractivity contribution in [2.45, 2.75) is 25.9 Å². The maximum atomic E-state index is 12.4. The van der Waals surface area contributed by atoms with Crippen LogP contribution in [0.4, 0.5) is 4.79 Å². The van der Waals surface area contributed by atoms with Crippen molar-refractivity contribution < 1.29 is 28.7 Å². The lowest BCUT2D eigenvalue weighted by Gasteiger charge is -2.26. The Bertz CT molecular complexity index is 761. The van der Waals surface area contributed by atoms with Gasteiger partial charge in [-0.3, -0.25) is 29.4 Å². The van der Waals surface area contributed by atoms with Crippen molar-refractivity contribution in [3.63, 3.8) is 0 Å². The molecule has 0 spiro atoms. The quantitative estimate of drug-likeness (QED) is 0.562. The molecule has 0 aromatic heterocycles. The second-order valence-electron chi connectivity index (χ2n) is 5.63. The predicted octanol–water partition coefficient (Wildman–Crippen LogP) is -0.0111. The second-order valence-corrected chi connectivity index (χ2v) is 5.63. The summed E-state index contributed by atoms with van der Waals surface area (Å²) >= 11 is 0. The van der Waals surface area contributed by atoms with E-state index in [1.807, 2.05) is 5.32 Å². The number of ether oxygens (including phenoxy) is 1. The Balaban J connectivity index is 1.89. The van der Waals surface area contributed by atoms with E-state index < -0.39 is 35.8 Å². The molecule has 0 saturated carbocycles. The van der Waals surface area contributed by atoms with Crippen LogP contribution in [-0.4, -0.2) is 54.3 Å². The minimum atomic E-state index is -1.19. The van der Waals surface area contributed by atoms with Crippen LogP contribution in [0, 0.1) is 0 Å². The van der Waals surface area contributed by atoms with Crippen LogP contribution in [0.1, 0.15) is 29.3 Å². The van der Waals surface area contributed by atoms with Crippen molar-refractivity contribution in [1.29, 1.82) is 0 Å². The van der Waals surface area contributed by atoms with Crippen LogP contribution in [-0.2, 0) is 25.5 Å². The van der Waals surface area contributed by atoms with Crippen molar-refractivity contribution in [3.05, 3.63) is 35.4 Å². The highest BCUT2D eigenvalue weighted by atomic mass is 16.5. The fraction of sp³-hybridized carbons (Fsp3) is 0.353. The summed E-state index contributed by atoms with van der Waals surface area (Å²) in [4.78, 5) is 60.0. The molecule has 0 unspecified atom stereocenters. The first-order chi connectivity index (χ1) is 12.3. The molecule has 2 N–H and O–H groups in total. The lowest BCUT2D eigenvalue weighted by Crippen LogP contribution is -2.45. The van der Waals surface area contributed by atoms with Crippen molar-refractivity contribution in [2.75, 3.05) is 13.6 Å². The number of benzene rings is 1. The van der Waals surface area contributed by atoms with Crippen LogP contribution in [0.2, 0.25) is 0 Å². The smallest absolute Gasteiger partial charge is 0.321 e. The zero-order chi connectivity index (χ0) is 19.3. The summed E-state index contributed by atoms with van der Waals surface area (Å²) in [6.07, 6.45) is -1.35. The highest BCUT2D eigenvalue weighted by Crippen LogP contribution is 2.19. The first-order valence-corrected chi connectivity index (χ1v) is 7.98. The number of esters is 1. The monoisotopic (exact) mass is 361 g/mol. The van der Waals surface area contributed by atoms with Crippen LogP contribution in [0.15, 0.2) is 24.3 Å². The maximum absolute atomic E-state index is 12.4. The summed E-state index contributed by atoms with van der Waals surface area (Å²) in [5.74, 6) is -2.40. The van der Waals surface area contributed by atoms with Gasteiger partial charge in [-0.15, -0.1) is 0 Å². The largest absolute Gasteiger partial charge is 0.452 e. The summed E-state index contributed by atoms with van der Waals surface area (Å²) in [6.45, 7) is 1.16. The number of urea groups is 1. The van der Waals surface area contributed by atoms with Gasteiger partial charge < -0.3 is 10.1 Å². The SMILES string of the molecule is CNC(=O)NC(=O)[C@H](C)OC(=O)CCN1C(=O)Cc2ccccc2C1=O. The molecule has 1 aromatic carbocycles. The molecule has 1 aliphatic heterocycles. The van der Waals surface area contributed by atoms with E-state index in [1.165, 1.54) is 14.0 Å². The molecule has 0 saturated heterocycles. The van der Waals surface area contributed by atoms with E-state index in [4.69, 9.17) is 4.74 Å². The first kappa shape index (κ1) is 19.1. The normalized spacial score (nSPS) is 14.3. The number of amides is 5. The van der Waals surface area contributed by atoms with Crippen molar-refractivity contribution in [2.24, 2.45) is 0 Å². The Hall–Kier alpha value is -3.23. The van der Waals surface area contributed by atoms with E-state index in [2.05, 4.69) is 5.32 Å². The summed E-state index contributed by atoms with van der Waals surface area (Å²) < 4.78 is 4.91. The zero-order valence-corrected chi connectivity index (χ0v) is 14.4. The van der Waals surface area contributed by atoms with Gasteiger partial charge >= 0.3 is 12.0 Å². The number of carbonyl (C=O) groups is 5. The molecular weight excluding hydrogens is 342 g/mol. The number of carbonyl (C=O) groups excluding carboxylic acids is 5. The van der Waals surface area contributed by atoms with Crippen molar-refractivity contribution in [1.82, 2.24) is 15.5 Å². The molecule has 26 heavy (non-hydrogen) atoms.